The lowest BCUT2D eigenvalue weighted by molar-refractivity contribution is -0.132. The Labute approximate surface area is 159 Å². The second-order valence-electron chi connectivity index (χ2n) is 6.63. The molecule has 27 heavy (non-hydrogen) atoms. The van der Waals surface area contributed by atoms with Crippen LogP contribution in [0.1, 0.15) is 29.3 Å². The second-order valence-corrected chi connectivity index (χ2v) is 7.61. The zero-order valence-corrected chi connectivity index (χ0v) is 15.2. The average Bonchev–Trinajstić information content (AvgIpc) is 3.38. The van der Waals surface area contributed by atoms with Crippen molar-refractivity contribution in [1.29, 1.82) is 0 Å². The Hall–Kier alpha value is -2.74. The quantitative estimate of drug-likeness (QED) is 0.802. The van der Waals surface area contributed by atoms with E-state index in [0.717, 1.165) is 21.8 Å². The minimum Gasteiger partial charge on any atom is -0.343 e. The number of rotatable bonds is 5. The van der Waals surface area contributed by atoms with Gasteiger partial charge < -0.3 is 10.2 Å². The van der Waals surface area contributed by atoms with E-state index in [-0.39, 0.29) is 18.3 Å². The van der Waals surface area contributed by atoms with Gasteiger partial charge in [0.15, 0.2) is 0 Å². The van der Waals surface area contributed by atoms with Gasteiger partial charge in [0.2, 0.25) is 5.91 Å². The highest BCUT2D eigenvalue weighted by molar-refractivity contribution is 7.10. The Morgan fingerprint density at radius 3 is 2.70 bits per heavy atom. The van der Waals surface area contributed by atoms with E-state index in [2.05, 4.69) is 5.32 Å². The molecule has 2 fully saturated rings. The standard InChI is InChI=1S/C19H18FN3O3S/c20-13-7-5-12(6-8-13)17(15-4-2-10-27-15)21-16(24)11-23-18(25)14-3-1-9-22(14)19(23)26/h2,4-8,10,14,17H,1,3,9,11H2,(H,21,24)/t14-,17+/m1/s1. The van der Waals surface area contributed by atoms with Crippen LogP contribution in [0.5, 0.6) is 0 Å². The van der Waals surface area contributed by atoms with Gasteiger partial charge in [-0.15, -0.1) is 11.3 Å². The number of carbonyl (C=O) groups is 3. The van der Waals surface area contributed by atoms with E-state index in [1.54, 1.807) is 12.1 Å². The third-order valence-corrected chi connectivity index (χ3v) is 5.86. The van der Waals surface area contributed by atoms with Crippen molar-refractivity contribution in [2.24, 2.45) is 0 Å². The highest BCUT2D eigenvalue weighted by Gasteiger charge is 2.47. The van der Waals surface area contributed by atoms with Crippen molar-refractivity contribution in [3.05, 3.63) is 58.0 Å². The topological polar surface area (TPSA) is 69.7 Å². The molecular formula is C19H18FN3O3S. The van der Waals surface area contributed by atoms with Crippen molar-refractivity contribution in [2.45, 2.75) is 24.9 Å². The molecule has 1 aromatic carbocycles. The van der Waals surface area contributed by atoms with Crippen LogP contribution in [0.4, 0.5) is 9.18 Å². The van der Waals surface area contributed by atoms with Crippen molar-refractivity contribution in [2.75, 3.05) is 13.1 Å². The highest BCUT2D eigenvalue weighted by atomic mass is 32.1. The van der Waals surface area contributed by atoms with Gasteiger partial charge in [0.05, 0.1) is 6.04 Å². The molecule has 0 saturated carbocycles. The fraction of sp³-hybridized carbons (Fsp3) is 0.316. The van der Waals surface area contributed by atoms with Gasteiger partial charge in [-0.2, -0.15) is 0 Å². The van der Waals surface area contributed by atoms with E-state index in [0.29, 0.717) is 13.0 Å². The normalized spacial score (nSPS) is 20.1. The van der Waals surface area contributed by atoms with Crippen LogP contribution in [0.25, 0.3) is 0 Å². The van der Waals surface area contributed by atoms with Crippen molar-refractivity contribution in [1.82, 2.24) is 15.1 Å². The molecular weight excluding hydrogens is 369 g/mol. The van der Waals surface area contributed by atoms with Crippen LogP contribution in [0.2, 0.25) is 0 Å². The molecule has 2 saturated heterocycles. The van der Waals surface area contributed by atoms with E-state index < -0.39 is 24.0 Å². The molecule has 140 valence electrons. The monoisotopic (exact) mass is 387 g/mol. The number of nitrogens with one attached hydrogen (secondary N) is 1. The molecule has 1 N–H and O–H groups in total. The van der Waals surface area contributed by atoms with Gasteiger partial charge in [-0.3, -0.25) is 14.5 Å². The predicted octanol–water partition coefficient (Wildman–Crippen LogP) is 2.52. The number of hydrogen-bond donors (Lipinski definition) is 1. The third-order valence-electron chi connectivity index (χ3n) is 4.92. The molecule has 0 aliphatic carbocycles. The lowest BCUT2D eigenvalue weighted by Crippen LogP contribution is -2.43. The first-order valence-electron chi connectivity index (χ1n) is 8.75. The summed E-state index contributed by atoms with van der Waals surface area (Å²) in [6.45, 7) is 0.245. The zero-order chi connectivity index (χ0) is 19.0. The molecule has 2 aromatic rings. The first-order chi connectivity index (χ1) is 13.0. The van der Waals surface area contributed by atoms with E-state index in [1.165, 1.54) is 28.4 Å². The molecule has 8 heteroatoms. The Bertz CT molecular complexity index is 847. The van der Waals surface area contributed by atoms with Gasteiger partial charge in [-0.25, -0.2) is 9.18 Å². The molecule has 2 atom stereocenters. The lowest BCUT2D eigenvalue weighted by Gasteiger charge is -2.20. The highest BCUT2D eigenvalue weighted by Crippen LogP contribution is 2.28. The molecule has 6 nitrogen and oxygen atoms in total. The number of carbonyl (C=O) groups excluding carboxylic acids is 3. The summed E-state index contributed by atoms with van der Waals surface area (Å²) in [5.74, 6) is -1.09. The van der Waals surface area contributed by atoms with Crippen molar-refractivity contribution >= 4 is 29.2 Å². The number of fused-ring (bicyclic) bond motifs is 1. The van der Waals surface area contributed by atoms with Crippen molar-refractivity contribution < 1.29 is 18.8 Å². The SMILES string of the molecule is O=C(CN1C(=O)[C@H]2CCCN2C1=O)N[C@@H](c1ccc(F)cc1)c1cccs1. The molecule has 0 bridgehead atoms. The first kappa shape index (κ1) is 17.7. The van der Waals surface area contributed by atoms with Gasteiger partial charge in [0, 0.05) is 11.4 Å². The van der Waals surface area contributed by atoms with E-state index in [1.807, 2.05) is 17.5 Å². The minimum atomic E-state index is -0.467. The Morgan fingerprint density at radius 2 is 2.04 bits per heavy atom. The van der Waals surface area contributed by atoms with Crippen LogP contribution in [0.3, 0.4) is 0 Å². The maximum Gasteiger partial charge on any atom is 0.327 e. The van der Waals surface area contributed by atoms with Gasteiger partial charge >= 0.3 is 6.03 Å². The lowest BCUT2D eigenvalue weighted by atomic mass is 10.1. The van der Waals surface area contributed by atoms with Crippen LogP contribution in [-0.4, -0.2) is 46.8 Å². The zero-order valence-electron chi connectivity index (χ0n) is 14.4. The smallest absolute Gasteiger partial charge is 0.327 e. The van der Waals surface area contributed by atoms with Gasteiger partial charge in [-0.1, -0.05) is 18.2 Å². The molecule has 3 heterocycles. The van der Waals surface area contributed by atoms with E-state index in [9.17, 15) is 18.8 Å². The van der Waals surface area contributed by atoms with Crippen LogP contribution in [0, 0.1) is 5.82 Å². The molecule has 2 aliphatic rings. The first-order valence-corrected chi connectivity index (χ1v) is 9.63. The fourth-order valence-electron chi connectivity index (χ4n) is 3.61. The molecule has 0 unspecified atom stereocenters. The number of nitrogens with zero attached hydrogens (tertiary/aromatic N) is 2. The number of halogens is 1. The summed E-state index contributed by atoms with van der Waals surface area (Å²) in [4.78, 5) is 40.8. The molecule has 2 aliphatic heterocycles. The summed E-state index contributed by atoms with van der Waals surface area (Å²) < 4.78 is 13.3. The predicted molar refractivity (Wildman–Crippen MR) is 97.5 cm³/mol. The summed E-state index contributed by atoms with van der Waals surface area (Å²) in [6.07, 6.45) is 1.46. The van der Waals surface area contributed by atoms with Crippen LogP contribution in [-0.2, 0) is 9.59 Å². The van der Waals surface area contributed by atoms with Crippen molar-refractivity contribution in [3.63, 3.8) is 0 Å². The number of thiophene rings is 1. The number of imide groups is 1. The number of urea groups is 1. The number of benzene rings is 1. The van der Waals surface area contributed by atoms with Gasteiger partial charge in [-0.05, 0) is 42.0 Å². The van der Waals surface area contributed by atoms with Gasteiger partial charge in [0.1, 0.15) is 18.4 Å². The van der Waals surface area contributed by atoms with E-state index >= 15 is 0 Å². The summed E-state index contributed by atoms with van der Waals surface area (Å²) in [7, 11) is 0. The number of amides is 4. The summed E-state index contributed by atoms with van der Waals surface area (Å²) in [5.41, 5.74) is 0.729. The van der Waals surface area contributed by atoms with Crippen LogP contribution >= 0.6 is 11.3 Å². The van der Waals surface area contributed by atoms with E-state index in [4.69, 9.17) is 0 Å². The summed E-state index contributed by atoms with van der Waals surface area (Å²) in [6, 6.07) is 8.36. The van der Waals surface area contributed by atoms with Crippen LogP contribution in [0.15, 0.2) is 41.8 Å². The largest absolute Gasteiger partial charge is 0.343 e. The molecule has 4 rings (SSSR count). The van der Waals surface area contributed by atoms with Crippen LogP contribution < -0.4 is 5.32 Å². The second kappa shape index (κ2) is 7.11. The maximum absolute atomic E-state index is 13.3. The summed E-state index contributed by atoms with van der Waals surface area (Å²) in [5, 5.41) is 4.76. The molecule has 0 radical (unpaired) electrons. The summed E-state index contributed by atoms with van der Waals surface area (Å²) >= 11 is 1.47. The van der Waals surface area contributed by atoms with Gasteiger partial charge in [0.25, 0.3) is 5.91 Å². The molecule has 1 aromatic heterocycles. The Balaban J connectivity index is 1.50. The number of hydrogen-bond acceptors (Lipinski definition) is 4. The average molecular weight is 387 g/mol. The minimum absolute atomic E-state index is 0.304. The molecule has 4 amide bonds. The maximum atomic E-state index is 13.3. The third kappa shape index (κ3) is 3.32. The fourth-order valence-corrected chi connectivity index (χ4v) is 4.41. The molecule has 0 spiro atoms. The Kier molecular flexibility index (Phi) is 4.65. The Morgan fingerprint density at radius 1 is 1.26 bits per heavy atom. The van der Waals surface area contributed by atoms with Crippen molar-refractivity contribution in [3.8, 4) is 0 Å².